The van der Waals surface area contributed by atoms with Gasteiger partial charge in [0.15, 0.2) is 0 Å². The van der Waals surface area contributed by atoms with Crippen molar-refractivity contribution in [1.29, 1.82) is 0 Å². The van der Waals surface area contributed by atoms with Crippen molar-refractivity contribution in [3.8, 4) is 0 Å². The molecule has 0 saturated carbocycles. The van der Waals surface area contributed by atoms with Gasteiger partial charge in [-0.15, -0.1) is 0 Å². The highest BCUT2D eigenvalue weighted by atomic mass is 79.9. The maximum Gasteiger partial charge on any atom is 0.253 e. The number of carbonyl (C=O) groups excluding carboxylic acids is 1. The van der Waals surface area contributed by atoms with Crippen LogP contribution in [0.5, 0.6) is 0 Å². The van der Waals surface area contributed by atoms with Gasteiger partial charge in [-0.1, -0.05) is 11.6 Å². The topological polar surface area (TPSA) is 17.1 Å². The molecule has 0 unspecified atom stereocenters. The third-order valence-electron chi connectivity index (χ3n) is 1.22. The molecule has 5 heteroatoms. The number of halogens is 4. The molecule has 0 aliphatic heterocycles. The van der Waals surface area contributed by atoms with Crippen molar-refractivity contribution < 1.29 is 9.18 Å². The summed E-state index contributed by atoms with van der Waals surface area (Å²) < 4.78 is 12.9. The van der Waals surface area contributed by atoms with E-state index in [9.17, 15) is 9.18 Å². The highest BCUT2D eigenvalue weighted by Crippen LogP contribution is 2.25. The highest BCUT2D eigenvalue weighted by Gasteiger charge is 2.11. The molecule has 0 amide bonds. The van der Waals surface area contributed by atoms with E-state index in [0.29, 0.717) is 0 Å². The molecular weight excluding hydrogens is 270 g/mol. The molecule has 0 heterocycles. The quantitative estimate of drug-likeness (QED) is 0.563. The Balaban J connectivity index is 3.33. The average molecular weight is 272 g/mol. The molecule has 1 rings (SSSR count). The van der Waals surface area contributed by atoms with E-state index in [1.165, 1.54) is 6.07 Å². The van der Waals surface area contributed by atoms with Crippen LogP contribution in [0.2, 0.25) is 5.02 Å². The second-order valence-electron chi connectivity index (χ2n) is 2.02. The van der Waals surface area contributed by atoms with Crippen LogP contribution in [-0.4, -0.2) is 5.24 Å². The lowest BCUT2D eigenvalue weighted by Gasteiger charge is -1.99. The van der Waals surface area contributed by atoms with Crippen molar-refractivity contribution in [1.82, 2.24) is 0 Å². The zero-order chi connectivity index (χ0) is 9.30. The third-order valence-corrected chi connectivity index (χ3v) is 2.35. The first kappa shape index (κ1) is 9.96. The van der Waals surface area contributed by atoms with Gasteiger partial charge in [0.2, 0.25) is 0 Å². The number of carbonyl (C=O) groups is 1. The molecule has 0 atom stereocenters. The minimum atomic E-state index is -0.708. The Bertz CT molecular complexity index is 340. The summed E-state index contributed by atoms with van der Waals surface area (Å²) in [6.45, 7) is 0. The molecule has 0 aliphatic rings. The summed E-state index contributed by atoms with van der Waals surface area (Å²) in [5.74, 6) is -0.526. The summed E-state index contributed by atoms with van der Waals surface area (Å²) in [6.07, 6.45) is 0. The summed E-state index contributed by atoms with van der Waals surface area (Å²) >= 11 is 13.6. The van der Waals surface area contributed by atoms with Crippen LogP contribution in [0.4, 0.5) is 4.39 Å². The van der Waals surface area contributed by atoms with E-state index in [4.69, 9.17) is 23.2 Å². The summed E-state index contributed by atoms with van der Waals surface area (Å²) in [7, 11) is 0. The van der Waals surface area contributed by atoms with Gasteiger partial charge < -0.3 is 0 Å². The number of rotatable bonds is 1. The Morgan fingerprint density at radius 2 is 2.08 bits per heavy atom. The van der Waals surface area contributed by atoms with Gasteiger partial charge in [-0.2, -0.15) is 0 Å². The van der Waals surface area contributed by atoms with Crippen molar-refractivity contribution in [2.24, 2.45) is 0 Å². The lowest BCUT2D eigenvalue weighted by molar-refractivity contribution is 0.108. The summed E-state index contributed by atoms with van der Waals surface area (Å²) in [6, 6.07) is 2.27. The van der Waals surface area contributed by atoms with Crippen LogP contribution >= 0.6 is 39.1 Å². The van der Waals surface area contributed by atoms with E-state index in [1.807, 2.05) is 0 Å². The monoisotopic (exact) mass is 270 g/mol. The number of benzene rings is 1. The molecule has 0 aliphatic carbocycles. The second-order valence-corrected chi connectivity index (χ2v) is 3.62. The Morgan fingerprint density at radius 3 is 2.58 bits per heavy atom. The molecule has 1 aromatic rings. The van der Waals surface area contributed by atoms with Crippen molar-refractivity contribution in [2.45, 2.75) is 0 Å². The zero-order valence-corrected chi connectivity index (χ0v) is 8.67. The second kappa shape index (κ2) is 3.73. The number of hydrogen-bond donors (Lipinski definition) is 0. The van der Waals surface area contributed by atoms with E-state index < -0.39 is 11.1 Å². The first-order valence-corrected chi connectivity index (χ1v) is 4.41. The third kappa shape index (κ3) is 1.97. The van der Waals surface area contributed by atoms with Gasteiger partial charge in [0.05, 0.1) is 15.1 Å². The maximum atomic E-state index is 12.7. The minimum absolute atomic E-state index is 0.00991. The van der Waals surface area contributed by atoms with Crippen LogP contribution in [0.15, 0.2) is 16.6 Å². The molecule has 0 radical (unpaired) electrons. The molecule has 0 aromatic heterocycles. The van der Waals surface area contributed by atoms with Crippen LogP contribution < -0.4 is 0 Å². The SMILES string of the molecule is O=C(Cl)c1cc(Br)c(F)cc1Cl. The van der Waals surface area contributed by atoms with Crippen LogP contribution in [0.25, 0.3) is 0 Å². The van der Waals surface area contributed by atoms with Gasteiger partial charge in [-0.05, 0) is 39.7 Å². The largest absolute Gasteiger partial charge is 0.276 e. The number of hydrogen-bond acceptors (Lipinski definition) is 1. The molecule has 12 heavy (non-hydrogen) atoms. The van der Waals surface area contributed by atoms with E-state index in [0.717, 1.165) is 6.07 Å². The van der Waals surface area contributed by atoms with Crippen LogP contribution in [0.3, 0.4) is 0 Å². The van der Waals surface area contributed by atoms with E-state index >= 15 is 0 Å². The lowest BCUT2D eigenvalue weighted by atomic mass is 10.2. The Labute approximate surface area is 86.6 Å². The van der Waals surface area contributed by atoms with Crippen molar-refractivity contribution >= 4 is 44.4 Å². The highest BCUT2D eigenvalue weighted by molar-refractivity contribution is 9.10. The molecule has 0 fully saturated rings. The Morgan fingerprint density at radius 1 is 1.50 bits per heavy atom. The van der Waals surface area contributed by atoms with Crippen LogP contribution in [0.1, 0.15) is 10.4 Å². The van der Waals surface area contributed by atoms with Crippen molar-refractivity contribution in [3.05, 3.63) is 33.0 Å². The minimum Gasteiger partial charge on any atom is -0.276 e. The van der Waals surface area contributed by atoms with Gasteiger partial charge in [-0.3, -0.25) is 4.79 Å². The molecule has 0 bridgehead atoms. The smallest absolute Gasteiger partial charge is 0.253 e. The Kier molecular flexibility index (Phi) is 3.09. The summed E-state index contributed by atoms with van der Waals surface area (Å²) in [5, 5.41) is -0.698. The van der Waals surface area contributed by atoms with Crippen LogP contribution in [-0.2, 0) is 0 Å². The predicted molar refractivity (Wildman–Crippen MR) is 49.3 cm³/mol. The molecule has 64 valence electrons. The molecule has 1 aromatic carbocycles. The zero-order valence-electron chi connectivity index (χ0n) is 5.57. The van der Waals surface area contributed by atoms with Crippen molar-refractivity contribution in [3.63, 3.8) is 0 Å². The normalized spacial score (nSPS) is 10.0. The first-order chi connectivity index (χ1) is 5.52. The molecule has 0 N–H and O–H groups in total. The first-order valence-electron chi connectivity index (χ1n) is 2.86. The fraction of sp³-hybridized carbons (Fsp3) is 0. The Hall–Kier alpha value is -0.120. The fourth-order valence-corrected chi connectivity index (χ4v) is 1.46. The summed E-state index contributed by atoms with van der Waals surface area (Å²) in [5.41, 5.74) is 0.0895. The van der Waals surface area contributed by atoms with Gasteiger partial charge >= 0.3 is 0 Å². The van der Waals surface area contributed by atoms with E-state index in [-0.39, 0.29) is 15.1 Å². The standard InChI is InChI=1S/C7H2BrCl2FO/c8-4-1-3(7(10)12)5(9)2-6(4)11/h1-2H. The molecular formula is C7H2BrCl2FO. The maximum absolute atomic E-state index is 12.7. The fourth-order valence-electron chi connectivity index (χ4n) is 0.673. The molecule has 1 nitrogen and oxygen atoms in total. The van der Waals surface area contributed by atoms with Gasteiger partial charge in [0, 0.05) is 0 Å². The molecule has 0 saturated heterocycles. The lowest BCUT2D eigenvalue weighted by Crippen LogP contribution is -1.92. The van der Waals surface area contributed by atoms with E-state index in [1.54, 1.807) is 0 Å². The van der Waals surface area contributed by atoms with Gasteiger partial charge in [0.1, 0.15) is 5.82 Å². The van der Waals surface area contributed by atoms with Crippen LogP contribution in [0, 0.1) is 5.82 Å². The molecule has 0 spiro atoms. The predicted octanol–water partition coefficient (Wildman–Crippen LogP) is 3.62. The van der Waals surface area contributed by atoms with Gasteiger partial charge in [0.25, 0.3) is 5.24 Å². The van der Waals surface area contributed by atoms with E-state index in [2.05, 4.69) is 15.9 Å². The van der Waals surface area contributed by atoms with Gasteiger partial charge in [-0.25, -0.2) is 4.39 Å². The average Bonchev–Trinajstić information content (AvgIpc) is 1.96. The summed E-state index contributed by atoms with van der Waals surface area (Å²) in [4.78, 5) is 10.7. The van der Waals surface area contributed by atoms with Crippen molar-refractivity contribution in [2.75, 3.05) is 0 Å².